The summed E-state index contributed by atoms with van der Waals surface area (Å²) in [7, 11) is 0. The Kier molecular flexibility index (Phi) is 5.05. The van der Waals surface area contributed by atoms with Gasteiger partial charge in [-0.15, -0.1) is 0 Å². The van der Waals surface area contributed by atoms with Crippen LogP contribution < -0.4 is 5.32 Å². The number of para-hydroxylation sites is 1. The third kappa shape index (κ3) is 4.00. The van der Waals surface area contributed by atoms with Crippen molar-refractivity contribution in [1.82, 2.24) is 5.32 Å². The zero-order chi connectivity index (χ0) is 14.4. The van der Waals surface area contributed by atoms with E-state index >= 15 is 0 Å². The number of aliphatic hydroxyl groups is 1. The number of nitro groups is 1. The molecule has 20 heavy (non-hydrogen) atoms. The number of nitro benzene ring substituents is 1. The Morgan fingerprint density at radius 3 is 2.75 bits per heavy atom. The fourth-order valence-electron chi connectivity index (χ4n) is 2.37. The first kappa shape index (κ1) is 14.9. The summed E-state index contributed by atoms with van der Waals surface area (Å²) in [6.07, 6.45) is 1.83. The Morgan fingerprint density at radius 2 is 2.05 bits per heavy atom. The molecule has 0 aliphatic carbocycles. The van der Waals surface area contributed by atoms with Crippen LogP contribution in [0.5, 0.6) is 0 Å². The molecule has 6 nitrogen and oxygen atoms in total. The molecule has 1 fully saturated rings. The Morgan fingerprint density at radius 1 is 1.35 bits per heavy atom. The van der Waals surface area contributed by atoms with Gasteiger partial charge in [-0.2, -0.15) is 0 Å². The predicted octanol–water partition coefficient (Wildman–Crippen LogP) is 1.27. The van der Waals surface area contributed by atoms with E-state index in [-0.39, 0.29) is 10.6 Å². The lowest BCUT2D eigenvalue weighted by atomic mass is 9.94. The van der Waals surface area contributed by atoms with Gasteiger partial charge in [-0.1, -0.05) is 18.2 Å². The van der Waals surface area contributed by atoms with E-state index < -0.39 is 5.60 Å². The van der Waals surface area contributed by atoms with Crippen LogP contribution in [-0.2, 0) is 11.2 Å². The van der Waals surface area contributed by atoms with Crippen molar-refractivity contribution in [3.8, 4) is 0 Å². The highest BCUT2D eigenvalue weighted by Crippen LogP contribution is 2.20. The van der Waals surface area contributed by atoms with Crippen molar-refractivity contribution in [3.63, 3.8) is 0 Å². The summed E-state index contributed by atoms with van der Waals surface area (Å²) in [6, 6.07) is 6.75. The minimum absolute atomic E-state index is 0.152. The molecule has 0 radical (unpaired) electrons. The fourth-order valence-corrected chi connectivity index (χ4v) is 2.37. The van der Waals surface area contributed by atoms with Crippen LogP contribution in [0.2, 0.25) is 0 Å². The third-order valence-corrected chi connectivity index (χ3v) is 3.64. The molecule has 0 bridgehead atoms. The molecule has 2 rings (SSSR count). The molecule has 110 valence electrons. The molecule has 6 heteroatoms. The first-order valence-corrected chi connectivity index (χ1v) is 6.84. The van der Waals surface area contributed by atoms with Crippen LogP contribution in [0.1, 0.15) is 18.4 Å². The Balaban J connectivity index is 1.80. The summed E-state index contributed by atoms with van der Waals surface area (Å²) in [5.74, 6) is 0. The van der Waals surface area contributed by atoms with Crippen molar-refractivity contribution in [2.24, 2.45) is 0 Å². The van der Waals surface area contributed by atoms with Gasteiger partial charge in [0.1, 0.15) is 0 Å². The Bertz CT molecular complexity index is 458. The first-order chi connectivity index (χ1) is 9.61. The molecule has 0 aromatic heterocycles. The summed E-state index contributed by atoms with van der Waals surface area (Å²) in [6.45, 7) is 2.27. The topological polar surface area (TPSA) is 84.6 Å². The van der Waals surface area contributed by atoms with Gasteiger partial charge < -0.3 is 15.2 Å². The maximum atomic E-state index is 10.9. The molecule has 1 saturated heterocycles. The van der Waals surface area contributed by atoms with E-state index in [4.69, 9.17) is 4.74 Å². The molecule has 1 aromatic rings. The highest BCUT2D eigenvalue weighted by Gasteiger charge is 2.29. The monoisotopic (exact) mass is 280 g/mol. The Hall–Kier alpha value is -1.50. The molecule has 0 atom stereocenters. The number of ether oxygens (including phenoxy) is 1. The lowest BCUT2D eigenvalue weighted by Crippen LogP contribution is -2.45. The standard InChI is InChI=1S/C14H20N2O4/c17-14(6-9-20-10-7-14)11-15-8-5-12-3-1-2-4-13(12)16(18)19/h1-4,15,17H,5-11H2. The van der Waals surface area contributed by atoms with Crippen molar-refractivity contribution in [2.45, 2.75) is 24.9 Å². The second-order valence-corrected chi connectivity index (χ2v) is 5.15. The molecule has 1 aliphatic heterocycles. The summed E-state index contributed by atoms with van der Waals surface area (Å²) < 4.78 is 5.22. The van der Waals surface area contributed by atoms with Gasteiger partial charge >= 0.3 is 0 Å². The number of benzene rings is 1. The normalized spacial score (nSPS) is 17.9. The molecule has 1 heterocycles. The number of nitrogens with zero attached hydrogens (tertiary/aromatic N) is 1. The highest BCUT2D eigenvalue weighted by molar-refractivity contribution is 5.39. The van der Waals surface area contributed by atoms with E-state index in [1.165, 1.54) is 6.07 Å². The molecule has 0 amide bonds. The van der Waals surface area contributed by atoms with E-state index in [1.807, 2.05) is 0 Å². The average Bonchev–Trinajstić information content (AvgIpc) is 2.45. The lowest BCUT2D eigenvalue weighted by molar-refractivity contribution is -0.385. The van der Waals surface area contributed by atoms with E-state index in [2.05, 4.69) is 5.32 Å². The smallest absolute Gasteiger partial charge is 0.272 e. The third-order valence-electron chi connectivity index (χ3n) is 3.64. The van der Waals surface area contributed by atoms with Gasteiger partial charge in [0.2, 0.25) is 0 Å². The molecule has 1 aliphatic rings. The number of rotatable bonds is 6. The van der Waals surface area contributed by atoms with Gasteiger partial charge in [0.05, 0.1) is 10.5 Å². The maximum Gasteiger partial charge on any atom is 0.272 e. The van der Waals surface area contributed by atoms with Gasteiger partial charge in [-0.3, -0.25) is 10.1 Å². The SMILES string of the molecule is O=[N+]([O-])c1ccccc1CCNCC1(O)CCOCC1. The summed E-state index contributed by atoms with van der Waals surface area (Å²) >= 11 is 0. The minimum atomic E-state index is -0.707. The van der Waals surface area contributed by atoms with Crippen LogP contribution in [0.15, 0.2) is 24.3 Å². The van der Waals surface area contributed by atoms with Crippen molar-refractivity contribution in [3.05, 3.63) is 39.9 Å². The van der Waals surface area contributed by atoms with Gasteiger partial charge in [-0.25, -0.2) is 0 Å². The maximum absolute atomic E-state index is 10.9. The first-order valence-electron chi connectivity index (χ1n) is 6.84. The molecule has 0 spiro atoms. The predicted molar refractivity (Wildman–Crippen MR) is 74.7 cm³/mol. The van der Waals surface area contributed by atoms with Crippen LogP contribution in [-0.4, -0.2) is 41.9 Å². The Labute approximate surface area is 117 Å². The number of hydrogen-bond acceptors (Lipinski definition) is 5. The lowest BCUT2D eigenvalue weighted by Gasteiger charge is -2.32. The quantitative estimate of drug-likeness (QED) is 0.465. The van der Waals surface area contributed by atoms with Crippen LogP contribution in [0.3, 0.4) is 0 Å². The highest BCUT2D eigenvalue weighted by atomic mass is 16.6. The second-order valence-electron chi connectivity index (χ2n) is 5.15. The van der Waals surface area contributed by atoms with Gasteiger partial charge in [0, 0.05) is 44.2 Å². The number of hydrogen-bond donors (Lipinski definition) is 2. The van der Waals surface area contributed by atoms with Crippen LogP contribution >= 0.6 is 0 Å². The zero-order valence-electron chi connectivity index (χ0n) is 11.4. The van der Waals surface area contributed by atoms with Crippen molar-refractivity contribution in [2.75, 3.05) is 26.3 Å². The van der Waals surface area contributed by atoms with E-state index in [1.54, 1.807) is 18.2 Å². The molecule has 1 aromatic carbocycles. The van der Waals surface area contributed by atoms with Crippen LogP contribution in [0.25, 0.3) is 0 Å². The minimum Gasteiger partial charge on any atom is -0.388 e. The largest absolute Gasteiger partial charge is 0.388 e. The van der Waals surface area contributed by atoms with Gasteiger partial charge in [0.25, 0.3) is 5.69 Å². The van der Waals surface area contributed by atoms with Crippen molar-refractivity contribution < 1.29 is 14.8 Å². The van der Waals surface area contributed by atoms with Gasteiger partial charge in [-0.05, 0) is 13.0 Å². The molecular weight excluding hydrogens is 260 g/mol. The second kappa shape index (κ2) is 6.78. The molecular formula is C14H20N2O4. The molecule has 0 saturated carbocycles. The number of nitrogens with one attached hydrogen (secondary N) is 1. The van der Waals surface area contributed by atoms with Crippen LogP contribution in [0, 0.1) is 10.1 Å². The summed E-state index contributed by atoms with van der Waals surface area (Å²) in [5.41, 5.74) is 0.156. The molecule has 2 N–H and O–H groups in total. The van der Waals surface area contributed by atoms with E-state index in [9.17, 15) is 15.2 Å². The van der Waals surface area contributed by atoms with Crippen molar-refractivity contribution in [1.29, 1.82) is 0 Å². The fraction of sp³-hybridized carbons (Fsp3) is 0.571. The van der Waals surface area contributed by atoms with Crippen LogP contribution in [0.4, 0.5) is 5.69 Å². The van der Waals surface area contributed by atoms with Crippen molar-refractivity contribution >= 4 is 5.69 Å². The molecule has 0 unspecified atom stereocenters. The van der Waals surface area contributed by atoms with E-state index in [0.29, 0.717) is 51.1 Å². The summed E-state index contributed by atoms with van der Waals surface area (Å²) in [5, 5.41) is 24.3. The van der Waals surface area contributed by atoms with Gasteiger partial charge in [0.15, 0.2) is 0 Å². The van der Waals surface area contributed by atoms with E-state index in [0.717, 1.165) is 0 Å². The zero-order valence-corrected chi connectivity index (χ0v) is 11.4. The summed E-state index contributed by atoms with van der Waals surface area (Å²) in [4.78, 5) is 10.5. The average molecular weight is 280 g/mol.